The van der Waals surface area contributed by atoms with Crippen LogP contribution >= 0.6 is 0 Å². The Kier molecular flexibility index (Phi) is 4.41. The Morgan fingerprint density at radius 2 is 2.00 bits per heavy atom. The number of aromatic nitrogens is 1. The first-order valence-electron chi connectivity index (χ1n) is 5.91. The molecule has 100 valence electrons. The van der Waals surface area contributed by atoms with E-state index in [1.165, 1.54) is 12.1 Å². The molecule has 0 bridgehead atoms. The van der Waals surface area contributed by atoms with Crippen LogP contribution in [-0.2, 0) is 13.0 Å². The maximum absolute atomic E-state index is 13.4. The van der Waals surface area contributed by atoms with Gasteiger partial charge in [0.05, 0.1) is 6.20 Å². The van der Waals surface area contributed by atoms with Crippen molar-refractivity contribution >= 4 is 0 Å². The van der Waals surface area contributed by atoms with Crippen molar-refractivity contribution in [2.75, 3.05) is 6.54 Å². The molecule has 5 heteroatoms. The van der Waals surface area contributed by atoms with E-state index in [1.807, 2.05) is 0 Å². The predicted molar refractivity (Wildman–Crippen MR) is 67.7 cm³/mol. The van der Waals surface area contributed by atoms with Crippen LogP contribution in [0.1, 0.15) is 11.3 Å². The van der Waals surface area contributed by atoms with Crippen LogP contribution in [0.15, 0.2) is 36.5 Å². The summed E-state index contributed by atoms with van der Waals surface area (Å²) in [6, 6.07) is 7.52. The molecular formula is C14H14F2N2O. The fraction of sp³-hybridized carbons (Fsp3) is 0.214. The van der Waals surface area contributed by atoms with E-state index >= 15 is 0 Å². The van der Waals surface area contributed by atoms with Crippen molar-refractivity contribution in [3.05, 3.63) is 59.4 Å². The van der Waals surface area contributed by atoms with Crippen LogP contribution in [-0.4, -0.2) is 11.5 Å². The lowest BCUT2D eigenvalue weighted by Crippen LogP contribution is -2.04. The number of benzene rings is 1. The minimum absolute atomic E-state index is 0.0402. The fourth-order valence-electron chi connectivity index (χ4n) is 1.61. The van der Waals surface area contributed by atoms with Crippen molar-refractivity contribution in [3.63, 3.8) is 0 Å². The molecule has 0 atom stereocenters. The Labute approximate surface area is 110 Å². The molecule has 2 N–H and O–H groups in total. The zero-order valence-electron chi connectivity index (χ0n) is 10.3. The summed E-state index contributed by atoms with van der Waals surface area (Å²) < 4.78 is 31.7. The predicted octanol–water partition coefficient (Wildman–Crippen LogP) is 2.44. The second-order valence-electron chi connectivity index (χ2n) is 4.03. The molecule has 1 aromatic carbocycles. The molecule has 0 spiro atoms. The van der Waals surface area contributed by atoms with Crippen LogP contribution in [0.2, 0.25) is 0 Å². The number of nitrogens with zero attached hydrogens (tertiary/aromatic N) is 1. The molecule has 0 fully saturated rings. The van der Waals surface area contributed by atoms with Crippen LogP contribution in [0.4, 0.5) is 8.78 Å². The summed E-state index contributed by atoms with van der Waals surface area (Å²) in [6.45, 7) is 0.489. The third-order valence-corrected chi connectivity index (χ3v) is 2.62. The Morgan fingerprint density at radius 1 is 1.16 bits per heavy atom. The minimum atomic E-state index is -0.879. The average Bonchev–Trinajstić information content (AvgIpc) is 2.42. The largest absolute Gasteiger partial charge is 0.487 e. The van der Waals surface area contributed by atoms with Gasteiger partial charge in [0.2, 0.25) is 0 Å². The molecule has 0 amide bonds. The zero-order chi connectivity index (χ0) is 13.7. The van der Waals surface area contributed by atoms with Gasteiger partial charge in [-0.25, -0.2) is 8.78 Å². The summed E-state index contributed by atoms with van der Waals surface area (Å²) >= 11 is 0. The van der Waals surface area contributed by atoms with E-state index in [-0.39, 0.29) is 12.2 Å². The van der Waals surface area contributed by atoms with E-state index in [9.17, 15) is 8.78 Å². The molecule has 0 radical (unpaired) electrons. The van der Waals surface area contributed by atoms with Crippen molar-refractivity contribution in [2.45, 2.75) is 13.0 Å². The van der Waals surface area contributed by atoms with E-state index in [1.54, 1.807) is 18.3 Å². The van der Waals surface area contributed by atoms with Crippen LogP contribution < -0.4 is 10.5 Å². The van der Waals surface area contributed by atoms with E-state index in [0.717, 1.165) is 11.8 Å². The highest BCUT2D eigenvalue weighted by atomic mass is 19.2. The molecule has 0 saturated heterocycles. The van der Waals surface area contributed by atoms with E-state index < -0.39 is 11.6 Å². The second kappa shape index (κ2) is 6.24. The lowest BCUT2D eigenvalue weighted by Gasteiger charge is -2.07. The number of ether oxygens (including phenoxy) is 1. The van der Waals surface area contributed by atoms with Crippen LogP contribution in [0, 0.1) is 11.6 Å². The number of rotatable bonds is 5. The SMILES string of the molecule is NCCc1ccc(OCc2cccc(F)c2F)cn1. The van der Waals surface area contributed by atoms with Crippen molar-refractivity contribution in [1.82, 2.24) is 4.98 Å². The third kappa shape index (κ3) is 3.48. The number of nitrogens with two attached hydrogens (primary N) is 1. The van der Waals surface area contributed by atoms with Gasteiger partial charge in [-0.2, -0.15) is 0 Å². The summed E-state index contributed by atoms with van der Waals surface area (Å²) in [5.41, 5.74) is 6.46. The van der Waals surface area contributed by atoms with Crippen molar-refractivity contribution in [3.8, 4) is 5.75 Å². The highest BCUT2D eigenvalue weighted by Crippen LogP contribution is 2.15. The normalized spacial score (nSPS) is 10.5. The van der Waals surface area contributed by atoms with Gasteiger partial charge in [0.25, 0.3) is 0 Å². The zero-order valence-corrected chi connectivity index (χ0v) is 10.3. The van der Waals surface area contributed by atoms with Gasteiger partial charge in [-0.1, -0.05) is 12.1 Å². The van der Waals surface area contributed by atoms with Crippen LogP contribution in [0.3, 0.4) is 0 Å². The van der Waals surface area contributed by atoms with Crippen LogP contribution in [0.25, 0.3) is 0 Å². The van der Waals surface area contributed by atoms with Gasteiger partial charge in [0.15, 0.2) is 11.6 Å². The molecule has 0 aliphatic heterocycles. The van der Waals surface area contributed by atoms with E-state index in [4.69, 9.17) is 10.5 Å². The van der Waals surface area contributed by atoms with E-state index in [0.29, 0.717) is 18.7 Å². The maximum atomic E-state index is 13.4. The molecule has 2 aromatic rings. The number of hydrogen-bond acceptors (Lipinski definition) is 3. The highest BCUT2D eigenvalue weighted by Gasteiger charge is 2.08. The van der Waals surface area contributed by atoms with Crippen molar-refractivity contribution in [1.29, 1.82) is 0 Å². The molecule has 0 aliphatic rings. The Bertz CT molecular complexity index is 544. The Balaban J connectivity index is 2.00. The first-order chi connectivity index (χ1) is 9.20. The third-order valence-electron chi connectivity index (χ3n) is 2.62. The second-order valence-corrected chi connectivity index (χ2v) is 4.03. The van der Waals surface area contributed by atoms with Gasteiger partial charge < -0.3 is 10.5 Å². The standard InChI is InChI=1S/C14H14F2N2O/c15-13-3-1-2-10(14(13)16)9-19-12-5-4-11(6-7-17)18-8-12/h1-5,8H,6-7,9,17H2. The van der Waals surface area contributed by atoms with E-state index in [2.05, 4.69) is 4.98 Å². The smallest absolute Gasteiger partial charge is 0.165 e. The summed E-state index contributed by atoms with van der Waals surface area (Å²) in [7, 11) is 0. The van der Waals surface area contributed by atoms with Crippen LogP contribution in [0.5, 0.6) is 5.75 Å². The quantitative estimate of drug-likeness (QED) is 0.902. The summed E-state index contributed by atoms with van der Waals surface area (Å²) in [4.78, 5) is 4.15. The number of pyridine rings is 1. The molecule has 1 aromatic heterocycles. The summed E-state index contributed by atoms with van der Waals surface area (Å²) in [5, 5.41) is 0. The average molecular weight is 264 g/mol. The van der Waals surface area contributed by atoms with Gasteiger partial charge in [0.1, 0.15) is 12.4 Å². The fourth-order valence-corrected chi connectivity index (χ4v) is 1.61. The molecule has 3 nitrogen and oxygen atoms in total. The Morgan fingerprint density at radius 3 is 2.68 bits per heavy atom. The van der Waals surface area contributed by atoms with Gasteiger partial charge in [0, 0.05) is 17.7 Å². The lowest BCUT2D eigenvalue weighted by atomic mass is 10.2. The summed E-state index contributed by atoms with van der Waals surface area (Å²) in [5.74, 6) is -1.25. The van der Waals surface area contributed by atoms with Crippen molar-refractivity contribution < 1.29 is 13.5 Å². The maximum Gasteiger partial charge on any atom is 0.165 e. The van der Waals surface area contributed by atoms with Gasteiger partial charge in [-0.3, -0.25) is 4.98 Å². The minimum Gasteiger partial charge on any atom is -0.487 e. The van der Waals surface area contributed by atoms with Crippen molar-refractivity contribution in [2.24, 2.45) is 5.73 Å². The van der Waals surface area contributed by atoms with Gasteiger partial charge >= 0.3 is 0 Å². The molecule has 19 heavy (non-hydrogen) atoms. The van der Waals surface area contributed by atoms with Gasteiger partial charge in [-0.15, -0.1) is 0 Å². The molecule has 0 saturated carbocycles. The molecular weight excluding hydrogens is 250 g/mol. The highest BCUT2D eigenvalue weighted by molar-refractivity contribution is 5.22. The summed E-state index contributed by atoms with van der Waals surface area (Å²) in [6.07, 6.45) is 2.24. The van der Waals surface area contributed by atoms with Gasteiger partial charge in [-0.05, 0) is 24.7 Å². The number of hydrogen-bond donors (Lipinski definition) is 1. The monoisotopic (exact) mass is 264 g/mol. The first-order valence-corrected chi connectivity index (χ1v) is 5.91. The molecule has 2 rings (SSSR count). The Hall–Kier alpha value is -2.01. The topological polar surface area (TPSA) is 48.1 Å². The first kappa shape index (κ1) is 13.4. The molecule has 0 unspecified atom stereocenters. The molecule has 0 aliphatic carbocycles. The molecule has 1 heterocycles. The lowest BCUT2D eigenvalue weighted by molar-refractivity contribution is 0.296. The number of halogens is 2.